The Morgan fingerprint density at radius 3 is 2.57 bits per heavy atom. The van der Waals surface area contributed by atoms with Gasteiger partial charge in [-0.25, -0.2) is 4.68 Å². The second kappa shape index (κ2) is 6.60. The second-order valence-electron chi connectivity index (χ2n) is 4.76. The summed E-state index contributed by atoms with van der Waals surface area (Å²) in [6.07, 6.45) is 1.62. The zero-order valence-electron chi connectivity index (χ0n) is 11.4. The SMILES string of the molecule is CC(CC(=O)O)CC(=O)Nc1ccc(-n2cnnn2)cc1. The van der Waals surface area contributed by atoms with Gasteiger partial charge in [0.1, 0.15) is 6.33 Å². The number of carboxylic acids is 1. The number of nitrogens with one attached hydrogen (secondary N) is 1. The van der Waals surface area contributed by atoms with Crippen molar-refractivity contribution >= 4 is 17.6 Å². The van der Waals surface area contributed by atoms with E-state index in [4.69, 9.17) is 5.11 Å². The minimum absolute atomic E-state index is 0.0222. The van der Waals surface area contributed by atoms with E-state index in [0.29, 0.717) is 5.69 Å². The van der Waals surface area contributed by atoms with Crippen LogP contribution in [0.25, 0.3) is 5.69 Å². The molecule has 2 aromatic rings. The molecule has 1 amide bonds. The number of benzene rings is 1. The Morgan fingerprint density at radius 1 is 1.29 bits per heavy atom. The number of aliphatic carboxylic acids is 1. The molecule has 0 aliphatic carbocycles. The number of nitrogens with zero attached hydrogens (tertiary/aromatic N) is 4. The number of rotatable bonds is 6. The van der Waals surface area contributed by atoms with Crippen LogP contribution in [0, 0.1) is 5.92 Å². The molecule has 1 atom stereocenters. The molecule has 110 valence electrons. The molecule has 2 rings (SSSR count). The van der Waals surface area contributed by atoms with Gasteiger partial charge < -0.3 is 10.4 Å². The predicted molar refractivity (Wildman–Crippen MR) is 73.8 cm³/mol. The molecule has 0 spiro atoms. The number of carbonyl (C=O) groups is 2. The number of aromatic nitrogens is 4. The second-order valence-corrected chi connectivity index (χ2v) is 4.76. The van der Waals surface area contributed by atoms with Crippen molar-refractivity contribution in [1.29, 1.82) is 0 Å². The van der Waals surface area contributed by atoms with Crippen molar-refractivity contribution in [2.75, 3.05) is 5.32 Å². The van der Waals surface area contributed by atoms with E-state index in [9.17, 15) is 9.59 Å². The lowest BCUT2D eigenvalue weighted by Crippen LogP contribution is -2.16. The fourth-order valence-corrected chi connectivity index (χ4v) is 1.88. The van der Waals surface area contributed by atoms with Crippen molar-refractivity contribution in [2.45, 2.75) is 19.8 Å². The van der Waals surface area contributed by atoms with E-state index in [1.165, 1.54) is 11.0 Å². The van der Waals surface area contributed by atoms with Gasteiger partial charge in [-0.15, -0.1) is 5.10 Å². The van der Waals surface area contributed by atoms with Crippen molar-refractivity contribution in [3.63, 3.8) is 0 Å². The summed E-state index contributed by atoms with van der Waals surface area (Å²) in [6, 6.07) is 7.01. The van der Waals surface area contributed by atoms with E-state index in [1.807, 2.05) is 0 Å². The number of carboxylic acid groups (broad SMARTS) is 1. The first-order valence-electron chi connectivity index (χ1n) is 6.39. The van der Waals surface area contributed by atoms with Gasteiger partial charge in [-0.3, -0.25) is 9.59 Å². The summed E-state index contributed by atoms with van der Waals surface area (Å²) in [6.45, 7) is 1.73. The molecule has 0 saturated heterocycles. The molecule has 8 nitrogen and oxygen atoms in total. The maximum Gasteiger partial charge on any atom is 0.303 e. The smallest absolute Gasteiger partial charge is 0.303 e. The number of amides is 1. The summed E-state index contributed by atoms with van der Waals surface area (Å²) in [5, 5.41) is 22.2. The van der Waals surface area contributed by atoms with Crippen LogP contribution in [-0.2, 0) is 9.59 Å². The van der Waals surface area contributed by atoms with Crippen LogP contribution >= 0.6 is 0 Å². The fraction of sp³-hybridized carbons (Fsp3) is 0.308. The Labute approximate surface area is 120 Å². The zero-order valence-corrected chi connectivity index (χ0v) is 11.4. The average molecular weight is 289 g/mol. The lowest BCUT2D eigenvalue weighted by molar-refractivity contribution is -0.138. The number of hydrogen-bond acceptors (Lipinski definition) is 5. The number of carbonyl (C=O) groups excluding carboxylic acids is 1. The van der Waals surface area contributed by atoms with Gasteiger partial charge in [-0.05, 0) is 40.6 Å². The Balaban J connectivity index is 1.91. The predicted octanol–water partition coefficient (Wildman–Crippen LogP) is 1.10. The van der Waals surface area contributed by atoms with Gasteiger partial charge in [-0.2, -0.15) is 0 Å². The van der Waals surface area contributed by atoms with E-state index >= 15 is 0 Å². The highest BCUT2D eigenvalue weighted by Crippen LogP contribution is 2.14. The molecule has 1 aromatic carbocycles. The fourth-order valence-electron chi connectivity index (χ4n) is 1.88. The standard InChI is InChI=1S/C13H15N5O3/c1-9(7-13(20)21)6-12(19)15-10-2-4-11(5-3-10)18-8-14-16-17-18/h2-5,8-9H,6-7H2,1H3,(H,15,19)(H,20,21). The van der Waals surface area contributed by atoms with Crippen LogP contribution in [0.1, 0.15) is 19.8 Å². The van der Waals surface area contributed by atoms with Gasteiger partial charge in [0.15, 0.2) is 0 Å². The summed E-state index contributed by atoms with van der Waals surface area (Å²) >= 11 is 0. The Bertz CT molecular complexity index is 609. The highest BCUT2D eigenvalue weighted by Gasteiger charge is 2.12. The summed E-state index contributed by atoms with van der Waals surface area (Å²) in [5.41, 5.74) is 1.41. The van der Waals surface area contributed by atoms with Crippen molar-refractivity contribution in [3.8, 4) is 5.69 Å². The van der Waals surface area contributed by atoms with Crippen molar-refractivity contribution in [3.05, 3.63) is 30.6 Å². The number of tetrazole rings is 1. The maximum atomic E-state index is 11.8. The van der Waals surface area contributed by atoms with Crippen LogP contribution in [0.4, 0.5) is 5.69 Å². The average Bonchev–Trinajstić information content (AvgIpc) is 2.92. The maximum absolute atomic E-state index is 11.8. The van der Waals surface area contributed by atoms with Gasteiger partial charge in [-0.1, -0.05) is 6.92 Å². The van der Waals surface area contributed by atoms with Crippen molar-refractivity contribution in [1.82, 2.24) is 20.2 Å². The molecular formula is C13H15N5O3. The minimum Gasteiger partial charge on any atom is -0.481 e. The van der Waals surface area contributed by atoms with E-state index < -0.39 is 5.97 Å². The number of anilines is 1. The zero-order chi connectivity index (χ0) is 15.2. The first-order chi connectivity index (χ1) is 10.0. The highest BCUT2D eigenvalue weighted by molar-refractivity contribution is 5.91. The van der Waals surface area contributed by atoms with E-state index in [2.05, 4.69) is 20.8 Å². The number of hydrogen-bond donors (Lipinski definition) is 2. The van der Waals surface area contributed by atoms with Crippen LogP contribution in [-0.4, -0.2) is 37.2 Å². The molecule has 0 bridgehead atoms. The van der Waals surface area contributed by atoms with Crippen LogP contribution in [0.5, 0.6) is 0 Å². The lowest BCUT2D eigenvalue weighted by atomic mass is 10.0. The Morgan fingerprint density at radius 2 is 2.00 bits per heavy atom. The van der Waals surface area contributed by atoms with Gasteiger partial charge in [0.05, 0.1) is 5.69 Å². The quantitative estimate of drug-likeness (QED) is 0.824. The molecule has 0 saturated carbocycles. The summed E-state index contributed by atoms with van der Waals surface area (Å²) in [5.74, 6) is -1.32. The molecule has 8 heteroatoms. The van der Waals surface area contributed by atoms with Crippen LogP contribution < -0.4 is 5.32 Å². The first kappa shape index (κ1) is 14.6. The van der Waals surface area contributed by atoms with Gasteiger partial charge in [0.2, 0.25) is 5.91 Å². The van der Waals surface area contributed by atoms with E-state index in [0.717, 1.165) is 5.69 Å². The van der Waals surface area contributed by atoms with E-state index in [-0.39, 0.29) is 24.7 Å². The summed E-state index contributed by atoms with van der Waals surface area (Å²) in [7, 11) is 0. The summed E-state index contributed by atoms with van der Waals surface area (Å²) < 4.78 is 1.50. The third kappa shape index (κ3) is 4.37. The third-order valence-electron chi connectivity index (χ3n) is 2.82. The first-order valence-corrected chi connectivity index (χ1v) is 6.39. The monoisotopic (exact) mass is 289 g/mol. The Kier molecular flexibility index (Phi) is 4.60. The lowest BCUT2D eigenvalue weighted by Gasteiger charge is -2.09. The molecular weight excluding hydrogens is 274 g/mol. The van der Waals surface area contributed by atoms with Gasteiger partial charge in [0.25, 0.3) is 0 Å². The third-order valence-corrected chi connectivity index (χ3v) is 2.82. The molecule has 0 fully saturated rings. The topological polar surface area (TPSA) is 110 Å². The molecule has 0 aliphatic rings. The van der Waals surface area contributed by atoms with Crippen LogP contribution in [0.3, 0.4) is 0 Å². The van der Waals surface area contributed by atoms with Crippen molar-refractivity contribution in [2.24, 2.45) is 5.92 Å². The normalized spacial score (nSPS) is 11.9. The summed E-state index contributed by atoms with van der Waals surface area (Å²) in [4.78, 5) is 22.3. The molecule has 1 heterocycles. The molecule has 2 N–H and O–H groups in total. The van der Waals surface area contributed by atoms with Crippen LogP contribution in [0.15, 0.2) is 30.6 Å². The van der Waals surface area contributed by atoms with Gasteiger partial charge >= 0.3 is 5.97 Å². The molecule has 1 aromatic heterocycles. The Hall–Kier alpha value is -2.77. The van der Waals surface area contributed by atoms with Gasteiger partial charge in [0, 0.05) is 18.5 Å². The molecule has 0 aliphatic heterocycles. The van der Waals surface area contributed by atoms with E-state index in [1.54, 1.807) is 31.2 Å². The molecule has 21 heavy (non-hydrogen) atoms. The van der Waals surface area contributed by atoms with Crippen molar-refractivity contribution < 1.29 is 14.7 Å². The largest absolute Gasteiger partial charge is 0.481 e. The molecule has 1 unspecified atom stereocenters. The molecule has 0 radical (unpaired) electrons. The van der Waals surface area contributed by atoms with Crippen LogP contribution in [0.2, 0.25) is 0 Å². The minimum atomic E-state index is -0.902. The highest BCUT2D eigenvalue weighted by atomic mass is 16.4.